The zero-order chi connectivity index (χ0) is 13.0. The second-order valence-electron chi connectivity index (χ2n) is 4.07. The van der Waals surface area contributed by atoms with Crippen LogP contribution in [0, 0.1) is 0 Å². The van der Waals surface area contributed by atoms with Crippen LogP contribution in [0.3, 0.4) is 0 Å². The smallest absolute Gasteiger partial charge is 0.252 e. The molecule has 0 aromatic heterocycles. The molecular weight excluding hydrogens is 256 g/mol. The lowest BCUT2D eigenvalue weighted by molar-refractivity contribution is 0.0245. The number of carbonyl (C=O) groups excluding carboxylic acids is 1. The van der Waals surface area contributed by atoms with Crippen LogP contribution in [0.1, 0.15) is 23.2 Å². The summed E-state index contributed by atoms with van der Waals surface area (Å²) < 4.78 is 16.3. The van der Waals surface area contributed by atoms with Crippen molar-refractivity contribution in [1.82, 2.24) is 0 Å². The molecule has 1 aliphatic rings. The summed E-state index contributed by atoms with van der Waals surface area (Å²) in [6, 6.07) is 4.92. The molecule has 0 bridgehead atoms. The topological polar surface area (TPSA) is 44.8 Å². The Bertz CT molecular complexity index is 427. The van der Waals surface area contributed by atoms with Crippen LogP contribution in [-0.4, -0.2) is 31.7 Å². The molecule has 1 fully saturated rings. The minimum absolute atomic E-state index is 0.0910. The highest BCUT2D eigenvalue weighted by atomic mass is 35.5. The molecule has 98 valence electrons. The largest absolute Gasteiger partial charge is 0.493 e. The van der Waals surface area contributed by atoms with Crippen molar-refractivity contribution >= 4 is 16.8 Å². The van der Waals surface area contributed by atoms with Crippen molar-refractivity contribution in [3.63, 3.8) is 0 Å². The summed E-state index contributed by atoms with van der Waals surface area (Å²) in [5, 5.41) is -0.505. The van der Waals surface area contributed by atoms with Gasteiger partial charge in [-0.25, -0.2) is 0 Å². The number of carbonyl (C=O) groups is 1. The fourth-order valence-electron chi connectivity index (χ4n) is 1.86. The van der Waals surface area contributed by atoms with Crippen LogP contribution in [0.15, 0.2) is 18.2 Å². The highest BCUT2D eigenvalue weighted by molar-refractivity contribution is 6.67. The maximum atomic E-state index is 11.1. The average Bonchev–Trinajstić information content (AvgIpc) is 2.39. The highest BCUT2D eigenvalue weighted by Crippen LogP contribution is 2.30. The molecule has 5 heteroatoms. The quantitative estimate of drug-likeness (QED) is 0.789. The molecule has 0 saturated carbocycles. The minimum Gasteiger partial charge on any atom is -0.493 e. The molecule has 18 heavy (non-hydrogen) atoms. The molecule has 1 aromatic rings. The van der Waals surface area contributed by atoms with Crippen molar-refractivity contribution in [2.24, 2.45) is 0 Å². The molecule has 0 unspecified atom stereocenters. The van der Waals surface area contributed by atoms with E-state index in [9.17, 15) is 4.79 Å². The van der Waals surface area contributed by atoms with Gasteiger partial charge in [0.2, 0.25) is 0 Å². The van der Waals surface area contributed by atoms with E-state index in [1.54, 1.807) is 25.3 Å². The van der Waals surface area contributed by atoms with Crippen LogP contribution >= 0.6 is 11.6 Å². The van der Waals surface area contributed by atoms with Gasteiger partial charge >= 0.3 is 0 Å². The average molecular weight is 271 g/mol. The third-order valence-corrected chi connectivity index (χ3v) is 3.07. The summed E-state index contributed by atoms with van der Waals surface area (Å²) >= 11 is 5.46. The second-order valence-corrected chi connectivity index (χ2v) is 4.41. The lowest BCUT2D eigenvalue weighted by atomic mass is 10.1. The van der Waals surface area contributed by atoms with Gasteiger partial charge in [0.15, 0.2) is 11.5 Å². The van der Waals surface area contributed by atoms with Crippen molar-refractivity contribution in [3.8, 4) is 11.5 Å². The number of hydrogen-bond donors (Lipinski definition) is 0. The van der Waals surface area contributed by atoms with Gasteiger partial charge in [0, 0.05) is 18.4 Å². The Morgan fingerprint density at radius 3 is 2.67 bits per heavy atom. The summed E-state index contributed by atoms with van der Waals surface area (Å²) in [5.74, 6) is 1.15. The molecule has 1 aromatic carbocycles. The maximum absolute atomic E-state index is 11.1. The number of rotatable bonds is 4. The Labute approximate surface area is 111 Å². The summed E-state index contributed by atoms with van der Waals surface area (Å²) in [6.45, 7) is 1.39. The fraction of sp³-hybridized carbons (Fsp3) is 0.462. The van der Waals surface area contributed by atoms with Crippen molar-refractivity contribution in [2.75, 3.05) is 20.3 Å². The Morgan fingerprint density at radius 2 is 2.06 bits per heavy atom. The molecule has 1 aliphatic heterocycles. The van der Waals surface area contributed by atoms with Crippen LogP contribution in [0.25, 0.3) is 0 Å². The Hall–Kier alpha value is -1.26. The lowest BCUT2D eigenvalue weighted by Crippen LogP contribution is -2.26. The third kappa shape index (κ3) is 3.15. The van der Waals surface area contributed by atoms with Gasteiger partial charge in [-0.1, -0.05) is 0 Å². The Balaban J connectivity index is 2.17. The summed E-state index contributed by atoms with van der Waals surface area (Å²) in [6.07, 6.45) is 1.76. The van der Waals surface area contributed by atoms with E-state index in [-0.39, 0.29) is 6.10 Å². The maximum Gasteiger partial charge on any atom is 0.252 e. The van der Waals surface area contributed by atoms with Crippen LogP contribution < -0.4 is 9.47 Å². The molecule has 0 N–H and O–H groups in total. The van der Waals surface area contributed by atoms with Gasteiger partial charge in [-0.15, -0.1) is 0 Å². The van der Waals surface area contributed by atoms with E-state index in [2.05, 4.69) is 0 Å². The molecule has 1 heterocycles. The molecule has 1 saturated heterocycles. The summed E-state index contributed by atoms with van der Waals surface area (Å²) in [5.41, 5.74) is 0.402. The molecule has 4 nitrogen and oxygen atoms in total. The molecular formula is C13H15ClO4. The van der Waals surface area contributed by atoms with E-state index in [1.165, 1.54) is 0 Å². The van der Waals surface area contributed by atoms with Gasteiger partial charge in [0.1, 0.15) is 6.10 Å². The first kappa shape index (κ1) is 13.2. The fourth-order valence-corrected chi connectivity index (χ4v) is 1.98. The van der Waals surface area contributed by atoms with Crippen LogP contribution in [0.2, 0.25) is 0 Å². The molecule has 0 atom stereocenters. The second kappa shape index (κ2) is 6.07. The van der Waals surface area contributed by atoms with Crippen molar-refractivity contribution in [1.29, 1.82) is 0 Å². The predicted octanol–water partition coefficient (Wildman–Crippen LogP) is 2.63. The number of methoxy groups -OCH3 is 1. The first-order chi connectivity index (χ1) is 8.70. The first-order valence-electron chi connectivity index (χ1n) is 5.83. The van der Waals surface area contributed by atoms with Crippen molar-refractivity contribution in [3.05, 3.63) is 23.8 Å². The van der Waals surface area contributed by atoms with Crippen molar-refractivity contribution < 1.29 is 19.0 Å². The molecule has 0 radical (unpaired) electrons. The lowest BCUT2D eigenvalue weighted by Gasteiger charge is -2.24. The zero-order valence-corrected chi connectivity index (χ0v) is 10.9. The van der Waals surface area contributed by atoms with Crippen molar-refractivity contribution in [2.45, 2.75) is 18.9 Å². The predicted molar refractivity (Wildman–Crippen MR) is 67.6 cm³/mol. The number of halogens is 1. The van der Waals surface area contributed by atoms with Crippen LogP contribution in [-0.2, 0) is 4.74 Å². The van der Waals surface area contributed by atoms with E-state index in [1.807, 2.05) is 0 Å². The Morgan fingerprint density at radius 1 is 1.33 bits per heavy atom. The number of benzene rings is 1. The molecule has 2 rings (SSSR count). The minimum atomic E-state index is -0.505. The van der Waals surface area contributed by atoms with E-state index in [4.69, 9.17) is 25.8 Å². The number of hydrogen-bond acceptors (Lipinski definition) is 4. The van der Waals surface area contributed by atoms with Gasteiger partial charge in [0.05, 0.1) is 20.3 Å². The van der Waals surface area contributed by atoms with Crippen LogP contribution in [0.4, 0.5) is 0 Å². The first-order valence-corrected chi connectivity index (χ1v) is 6.21. The number of ether oxygens (including phenoxy) is 3. The van der Waals surface area contributed by atoms with Gasteiger partial charge in [-0.05, 0) is 29.8 Å². The third-order valence-electron chi connectivity index (χ3n) is 2.85. The zero-order valence-electron chi connectivity index (χ0n) is 10.1. The van der Waals surface area contributed by atoms with Crippen LogP contribution in [0.5, 0.6) is 11.5 Å². The summed E-state index contributed by atoms with van der Waals surface area (Å²) in [7, 11) is 1.56. The Kier molecular flexibility index (Phi) is 4.44. The van der Waals surface area contributed by atoms with E-state index >= 15 is 0 Å². The highest BCUT2D eigenvalue weighted by Gasteiger charge is 2.18. The van der Waals surface area contributed by atoms with Gasteiger partial charge in [0.25, 0.3) is 5.24 Å². The van der Waals surface area contributed by atoms with E-state index < -0.39 is 5.24 Å². The van der Waals surface area contributed by atoms with E-state index in [0.29, 0.717) is 30.3 Å². The normalized spacial score (nSPS) is 16.3. The van der Waals surface area contributed by atoms with Gasteiger partial charge < -0.3 is 14.2 Å². The standard InChI is InChI=1S/C13H15ClO4/c1-16-11-3-2-9(13(14)15)8-12(11)18-10-4-6-17-7-5-10/h2-3,8,10H,4-7H2,1H3. The van der Waals surface area contributed by atoms with Gasteiger partial charge in [-0.2, -0.15) is 0 Å². The molecule has 0 amide bonds. The molecule has 0 spiro atoms. The molecule has 0 aliphatic carbocycles. The SMILES string of the molecule is COc1ccc(C(=O)Cl)cc1OC1CCOCC1. The van der Waals surface area contributed by atoms with E-state index in [0.717, 1.165) is 12.8 Å². The summed E-state index contributed by atoms with van der Waals surface area (Å²) in [4.78, 5) is 11.1. The monoisotopic (exact) mass is 270 g/mol. The van der Waals surface area contributed by atoms with Gasteiger partial charge in [-0.3, -0.25) is 4.79 Å².